The van der Waals surface area contributed by atoms with Crippen molar-refractivity contribution in [2.24, 2.45) is 5.92 Å². The number of ether oxygens (including phenoxy) is 1. The van der Waals surface area contributed by atoms with Crippen molar-refractivity contribution >= 4 is 33.3 Å². The highest BCUT2D eigenvalue weighted by molar-refractivity contribution is 7.91. The van der Waals surface area contributed by atoms with E-state index in [9.17, 15) is 18.0 Å². The number of sulfonamides is 1. The summed E-state index contributed by atoms with van der Waals surface area (Å²) in [5.41, 5.74) is 0.171. The average molecular weight is 319 g/mol. The van der Waals surface area contributed by atoms with E-state index in [0.717, 1.165) is 15.6 Å². The van der Waals surface area contributed by atoms with E-state index >= 15 is 0 Å². The minimum atomic E-state index is -3.75. The molecule has 1 aliphatic heterocycles. The summed E-state index contributed by atoms with van der Waals surface area (Å²) in [4.78, 5) is 22.2. The average Bonchev–Trinajstić information content (AvgIpc) is 3.06. The molecule has 7 nitrogen and oxygen atoms in total. The lowest BCUT2D eigenvalue weighted by Gasteiger charge is -2.14. The highest BCUT2D eigenvalue weighted by Gasteiger charge is 2.36. The summed E-state index contributed by atoms with van der Waals surface area (Å²) in [5, 5.41) is 10.3. The molecule has 0 amide bonds. The summed E-state index contributed by atoms with van der Waals surface area (Å²) >= 11 is 0.919. The van der Waals surface area contributed by atoms with Gasteiger partial charge in [-0.1, -0.05) is 0 Å². The number of carboxylic acids is 1. The second-order valence-electron chi connectivity index (χ2n) is 4.33. The monoisotopic (exact) mass is 319 g/mol. The van der Waals surface area contributed by atoms with Crippen molar-refractivity contribution in [3.8, 4) is 0 Å². The van der Waals surface area contributed by atoms with Crippen molar-refractivity contribution in [2.75, 3.05) is 20.2 Å². The second-order valence-corrected chi connectivity index (χ2v) is 7.41. The number of carbonyl (C=O) groups excluding carboxylic acids is 1. The van der Waals surface area contributed by atoms with Gasteiger partial charge in [0, 0.05) is 18.5 Å². The molecule has 110 valence electrons. The van der Waals surface area contributed by atoms with Crippen LogP contribution in [-0.2, 0) is 19.6 Å². The third kappa shape index (κ3) is 2.69. The number of nitrogens with zero attached hydrogens (tertiary/aromatic N) is 1. The molecule has 9 heteroatoms. The van der Waals surface area contributed by atoms with Crippen molar-refractivity contribution in [1.29, 1.82) is 0 Å². The largest absolute Gasteiger partial charge is 0.481 e. The van der Waals surface area contributed by atoms with Gasteiger partial charge in [0.05, 0.1) is 18.6 Å². The van der Waals surface area contributed by atoms with Gasteiger partial charge in [0.1, 0.15) is 4.21 Å². The van der Waals surface area contributed by atoms with E-state index in [2.05, 4.69) is 4.74 Å². The first kappa shape index (κ1) is 14.9. The van der Waals surface area contributed by atoms with Gasteiger partial charge in [0.25, 0.3) is 10.0 Å². The first-order valence-corrected chi connectivity index (χ1v) is 8.08. The molecule has 0 aliphatic carbocycles. The Labute approximate surface area is 119 Å². The lowest BCUT2D eigenvalue weighted by molar-refractivity contribution is -0.141. The molecular formula is C11H13NO6S2. The number of hydrogen-bond acceptors (Lipinski definition) is 6. The maximum Gasteiger partial charge on any atom is 0.338 e. The summed E-state index contributed by atoms with van der Waals surface area (Å²) in [5.74, 6) is -2.28. The maximum atomic E-state index is 12.3. The second kappa shape index (κ2) is 5.51. The molecule has 1 N–H and O–H groups in total. The number of methoxy groups -OCH3 is 1. The van der Waals surface area contributed by atoms with E-state index in [0.29, 0.717) is 6.42 Å². The molecule has 1 atom stereocenters. The fraction of sp³-hybridized carbons (Fsp3) is 0.455. The zero-order valence-electron chi connectivity index (χ0n) is 10.6. The highest BCUT2D eigenvalue weighted by Crippen LogP contribution is 2.28. The Morgan fingerprint density at radius 2 is 2.20 bits per heavy atom. The number of rotatable bonds is 4. The Balaban J connectivity index is 2.21. The summed E-state index contributed by atoms with van der Waals surface area (Å²) in [6.45, 7) is 0.133. The third-order valence-electron chi connectivity index (χ3n) is 3.09. The molecule has 2 heterocycles. The third-order valence-corrected chi connectivity index (χ3v) is 6.37. The van der Waals surface area contributed by atoms with Crippen LogP contribution in [0.1, 0.15) is 16.8 Å². The summed E-state index contributed by atoms with van der Waals surface area (Å²) < 4.78 is 30.3. The van der Waals surface area contributed by atoms with Crippen LogP contribution in [0.15, 0.2) is 15.7 Å². The highest BCUT2D eigenvalue weighted by atomic mass is 32.2. The molecule has 0 radical (unpaired) electrons. The lowest BCUT2D eigenvalue weighted by Crippen LogP contribution is -2.29. The fourth-order valence-corrected chi connectivity index (χ4v) is 4.75. The van der Waals surface area contributed by atoms with Crippen LogP contribution in [-0.4, -0.2) is 50.0 Å². The van der Waals surface area contributed by atoms with Gasteiger partial charge in [-0.05, 0) is 12.5 Å². The SMILES string of the molecule is COC(=O)c1csc(S(=O)(=O)N2CCC(C(=O)O)C2)c1. The molecule has 1 aromatic heterocycles. The smallest absolute Gasteiger partial charge is 0.338 e. The number of carboxylic acid groups (broad SMARTS) is 1. The van der Waals surface area contributed by atoms with Gasteiger partial charge in [0.2, 0.25) is 0 Å². The molecule has 0 saturated carbocycles. The molecule has 0 aromatic carbocycles. The summed E-state index contributed by atoms with van der Waals surface area (Å²) in [6, 6.07) is 1.25. The number of hydrogen-bond donors (Lipinski definition) is 1. The molecule has 0 bridgehead atoms. The Kier molecular flexibility index (Phi) is 4.11. The van der Waals surface area contributed by atoms with Crippen molar-refractivity contribution in [1.82, 2.24) is 4.31 Å². The number of aliphatic carboxylic acids is 1. The van der Waals surface area contributed by atoms with Crippen LogP contribution in [0.4, 0.5) is 0 Å². The molecule has 1 unspecified atom stereocenters. The molecule has 1 saturated heterocycles. The molecule has 20 heavy (non-hydrogen) atoms. The Hall–Kier alpha value is -1.45. The van der Waals surface area contributed by atoms with E-state index < -0.39 is 27.9 Å². The van der Waals surface area contributed by atoms with Crippen LogP contribution in [0.3, 0.4) is 0 Å². The molecule has 1 aliphatic rings. The quantitative estimate of drug-likeness (QED) is 0.817. The van der Waals surface area contributed by atoms with Crippen LogP contribution in [0.5, 0.6) is 0 Å². The first-order valence-electron chi connectivity index (χ1n) is 5.76. The predicted octanol–water partition coefficient (Wildman–Crippen LogP) is 0.630. The van der Waals surface area contributed by atoms with Gasteiger partial charge >= 0.3 is 11.9 Å². The number of esters is 1. The normalized spacial score (nSPS) is 19.9. The van der Waals surface area contributed by atoms with Gasteiger partial charge in [-0.3, -0.25) is 4.79 Å². The lowest BCUT2D eigenvalue weighted by atomic mass is 10.1. The van der Waals surface area contributed by atoms with E-state index in [1.54, 1.807) is 0 Å². The van der Waals surface area contributed by atoms with Crippen LogP contribution in [0, 0.1) is 5.92 Å². The van der Waals surface area contributed by atoms with Crippen LogP contribution in [0.2, 0.25) is 0 Å². The van der Waals surface area contributed by atoms with Crippen molar-refractivity contribution in [3.05, 3.63) is 17.0 Å². The van der Waals surface area contributed by atoms with Crippen LogP contribution < -0.4 is 0 Å². The van der Waals surface area contributed by atoms with Crippen LogP contribution >= 0.6 is 11.3 Å². The maximum absolute atomic E-state index is 12.3. The molecular weight excluding hydrogens is 306 g/mol. The molecule has 1 fully saturated rings. The molecule has 0 spiro atoms. The van der Waals surface area contributed by atoms with E-state index in [1.165, 1.54) is 18.6 Å². The van der Waals surface area contributed by atoms with Gasteiger partial charge in [-0.2, -0.15) is 4.31 Å². The van der Waals surface area contributed by atoms with E-state index in [-0.39, 0.29) is 22.9 Å². The Morgan fingerprint density at radius 3 is 2.75 bits per heavy atom. The topological polar surface area (TPSA) is 101 Å². The van der Waals surface area contributed by atoms with Crippen molar-refractivity contribution in [2.45, 2.75) is 10.6 Å². The minimum Gasteiger partial charge on any atom is -0.481 e. The summed E-state index contributed by atoms with van der Waals surface area (Å²) in [7, 11) is -2.53. The van der Waals surface area contributed by atoms with Gasteiger partial charge in [-0.25, -0.2) is 13.2 Å². The van der Waals surface area contributed by atoms with Crippen LogP contribution in [0.25, 0.3) is 0 Å². The Morgan fingerprint density at radius 1 is 1.50 bits per heavy atom. The zero-order chi connectivity index (χ0) is 14.9. The molecule has 2 rings (SSSR count). The van der Waals surface area contributed by atoms with Gasteiger partial charge in [0.15, 0.2) is 0 Å². The van der Waals surface area contributed by atoms with Crippen molar-refractivity contribution in [3.63, 3.8) is 0 Å². The summed E-state index contributed by atoms with van der Waals surface area (Å²) in [6.07, 6.45) is 0.295. The first-order chi connectivity index (χ1) is 9.36. The fourth-order valence-electron chi connectivity index (χ4n) is 1.95. The number of thiophene rings is 1. The van der Waals surface area contributed by atoms with E-state index in [1.807, 2.05) is 0 Å². The van der Waals surface area contributed by atoms with Gasteiger partial charge in [-0.15, -0.1) is 11.3 Å². The standard InChI is InChI=1S/C11H13NO6S2/c1-18-11(15)8-4-9(19-6-8)20(16,17)12-3-2-7(5-12)10(13)14/h4,6-7H,2-3,5H2,1H3,(H,13,14). The molecule has 1 aromatic rings. The minimum absolute atomic E-state index is 0.0175. The van der Waals surface area contributed by atoms with Crippen molar-refractivity contribution < 1.29 is 27.9 Å². The zero-order valence-corrected chi connectivity index (χ0v) is 12.2. The van der Waals surface area contributed by atoms with Gasteiger partial charge < -0.3 is 9.84 Å². The predicted molar refractivity (Wildman–Crippen MR) is 70.2 cm³/mol. The number of carbonyl (C=O) groups is 2. The Bertz CT molecular complexity index is 635. The van der Waals surface area contributed by atoms with E-state index in [4.69, 9.17) is 5.11 Å².